The molecule has 5 nitrogen and oxygen atoms in total. The predicted molar refractivity (Wildman–Crippen MR) is 81.4 cm³/mol. The summed E-state index contributed by atoms with van der Waals surface area (Å²) in [7, 11) is 0. The van der Waals surface area contributed by atoms with Gasteiger partial charge in [-0.2, -0.15) is 0 Å². The first-order chi connectivity index (χ1) is 10.2. The molecule has 0 aliphatic carbocycles. The van der Waals surface area contributed by atoms with Crippen LogP contribution in [-0.4, -0.2) is 52.4 Å². The number of nitrogens with one attached hydrogen (secondary N) is 1. The molecule has 5 heteroatoms. The van der Waals surface area contributed by atoms with Crippen LogP contribution < -0.4 is 5.56 Å². The zero-order chi connectivity index (χ0) is 14.8. The van der Waals surface area contributed by atoms with E-state index in [1.807, 2.05) is 4.90 Å². The first-order valence-electron chi connectivity index (χ1n) is 7.95. The molecule has 0 bridgehead atoms. The zero-order valence-corrected chi connectivity index (χ0v) is 12.5. The Morgan fingerprint density at radius 3 is 2.81 bits per heavy atom. The van der Waals surface area contributed by atoms with E-state index in [-0.39, 0.29) is 23.1 Å². The molecule has 2 atom stereocenters. The molecule has 1 aromatic heterocycles. The summed E-state index contributed by atoms with van der Waals surface area (Å²) in [5.74, 6) is -0.109. The highest BCUT2D eigenvalue weighted by Crippen LogP contribution is 2.30. The Balaban J connectivity index is 1.82. The van der Waals surface area contributed by atoms with Gasteiger partial charge in [-0.1, -0.05) is 6.92 Å². The van der Waals surface area contributed by atoms with Gasteiger partial charge in [-0.3, -0.25) is 14.5 Å². The van der Waals surface area contributed by atoms with Gasteiger partial charge in [-0.25, -0.2) is 0 Å². The second kappa shape index (κ2) is 6.02. The van der Waals surface area contributed by atoms with E-state index in [4.69, 9.17) is 0 Å². The van der Waals surface area contributed by atoms with Gasteiger partial charge in [0.05, 0.1) is 0 Å². The average Bonchev–Trinajstić information content (AvgIpc) is 3.15. The molecule has 2 aliphatic rings. The second-order valence-corrected chi connectivity index (χ2v) is 5.96. The quantitative estimate of drug-likeness (QED) is 0.916. The predicted octanol–water partition coefficient (Wildman–Crippen LogP) is 1.46. The van der Waals surface area contributed by atoms with Crippen LogP contribution in [0.1, 0.15) is 43.0 Å². The number of hydrogen-bond acceptors (Lipinski definition) is 3. The Kier molecular flexibility index (Phi) is 4.10. The lowest BCUT2D eigenvalue weighted by atomic mass is 10.0. The number of aromatic nitrogens is 1. The van der Waals surface area contributed by atoms with Crippen molar-refractivity contribution < 1.29 is 4.79 Å². The normalized spacial score (nSPS) is 26.4. The lowest BCUT2D eigenvalue weighted by Gasteiger charge is -2.34. The van der Waals surface area contributed by atoms with Crippen LogP contribution >= 0.6 is 0 Å². The van der Waals surface area contributed by atoms with E-state index < -0.39 is 0 Å². The largest absolute Gasteiger partial charge is 0.334 e. The molecule has 0 saturated carbocycles. The van der Waals surface area contributed by atoms with Gasteiger partial charge >= 0.3 is 0 Å². The van der Waals surface area contributed by atoms with Crippen molar-refractivity contribution in [2.75, 3.05) is 19.6 Å². The molecular formula is C16H23N3O2. The van der Waals surface area contributed by atoms with Crippen molar-refractivity contribution in [2.45, 2.75) is 44.7 Å². The molecule has 1 aromatic rings. The molecule has 0 radical (unpaired) electrons. The van der Waals surface area contributed by atoms with Crippen molar-refractivity contribution in [3.8, 4) is 0 Å². The second-order valence-electron chi connectivity index (χ2n) is 5.96. The van der Waals surface area contributed by atoms with Crippen molar-refractivity contribution in [1.82, 2.24) is 14.8 Å². The van der Waals surface area contributed by atoms with Crippen molar-refractivity contribution in [1.29, 1.82) is 0 Å². The standard InChI is InChI=1S/C16H23N3O2/c1-2-18-10-4-7-13(18)14-8-5-11-19(14)16(21)12-6-3-9-17-15(12)20/h3,6,9,13-14H,2,4-5,7-8,10-11H2,1H3,(H,17,20)/t13-,14+/m1/s1. The van der Waals surface area contributed by atoms with E-state index in [2.05, 4.69) is 16.8 Å². The topological polar surface area (TPSA) is 56.4 Å². The van der Waals surface area contributed by atoms with Crippen LogP contribution in [0.3, 0.4) is 0 Å². The number of rotatable bonds is 3. The van der Waals surface area contributed by atoms with Crippen LogP contribution in [0.25, 0.3) is 0 Å². The smallest absolute Gasteiger partial charge is 0.260 e. The summed E-state index contributed by atoms with van der Waals surface area (Å²) in [5.41, 5.74) is -0.0163. The van der Waals surface area contributed by atoms with Crippen molar-refractivity contribution >= 4 is 5.91 Å². The summed E-state index contributed by atoms with van der Waals surface area (Å²) in [4.78, 5) is 31.6. The van der Waals surface area contributed by atoms with Gasteiger partial charge in [0.15, 0.2) is 0 Å². The van der Waals surface area contributed by atoms with Gasteiger partial charge in [0, 0.05) is 24.8 Å². The molecule has 1 amide bonds. The minimum absolute atomic E-state index is 0.109. The minimum atomic E-state index is -0.285. The Morgan fingerprint density at radius 1 is 1.29 bits per heavy atom. The molecule has 3 heterocycles. The van der Waals surface area contributed by atoms with Crippen LogP contribution in [0, 0.1) is 0 Å². The number of aromatic amines is 1. The molecule has 2 aliphatic heterocycles. The first kappa shape index (κ1) is 14.3. The number of likely N-dealkylation sites (tertiary alicyclic amines) is 2. The third kappa shape index (κ3) is 2.62. The number of H-pyrrole nitrogens is 1. The molecule has 0 unspecified atom stereocenters. The Hall–Kier alpha value is -1.62. The fourth-order valence-electron chi connectivity index (χ4n) is 3.87. The van der Waals surface area contributed by atoms with Crippen LogP contribution in [0.2, 0.25) is 0 Å². The highest BCUT2D eigenvalue weighted by molar-refractivity contribution is 5.94. The van der Waals surface area contributed by atoms with E-state index in [0.717, 1.165) is 38.9 Å². The number of nitrogens with zero attached hydrogens (tertiary/aromatic N) is 2. The lowest BCUT2D eigenvalue weighted by Crippen LogP contribution is -2.49. The number of amides is 1. The minimum Gasteiger partial charge on any atom is -0.334 e. The van der Waals surface area contributed by atoms with Crippen LogP contribution in [0.15, 0.2) is 23.1 Å². The van der Waals surface area contributed by atoms with Gasteiger partial charge in [-0.05, 0) is 50.9 Å². The van der Waals surface area contributed by atoms with Crippen molar-refractivity contribution in [3.05, 3.63) is 34.2 Å². The summed E-state index contributed by atoms with van der Waals surface area (Å²) in [6, 6.07) is 4.07. The number of carbonyl (C=O) groups is 1. The Labute approximate surface area is 124 Å². The third-order valence-corrected chi connectivity index (χ3v) is 4.87. The monoisotopic (exact) mass is 289 g/mol. The maximum absolute atomic E-state index is 12.7. The van der Waals surface area contributed by atoms with Gasteiger partial charge in [0.2, 0.25) is 0 Å². The van der Waals surface area contributed by atoms with E-state index >= 15 is 0 Å². The molecule has 21 heavy (non-hydrogen) atoms. The maximum atomic E-state index is 12.7. The molecule has 0 aromatic carbocycles. The Morgan fingerprint density at radius 2 is 2.05 bits per heavy atom. The van der Waals surface area contributed by atoms with Gasteiger partial charge in [0.1, 0.15) is 5.56 Å². The van der Waals surface area contributed by atoms with E-state index in [0.29, 0.717) is 6.04 Å². The van der Waals surface area contributed by atoms with E-state index in [1.54, 1.807) is 18.3 Å². The summed E-state index contributed by atoms with van der Waals surface area (Å²) in [5, 5.41) is 0. The van der Waals surface area contributed by atoms with Crippen LogP contribution in [0.5, 0.6) is 0 Å². The Bertz CT molecular complexity index is 569. The van der Waals surface area contributed by atoms with Gasteiger partial charge in [-0.15, -0.1) is 0 Å². The first-order valence-corrected chi connectivity index (χ1v) is 7.95. The van der Waals surface area contributed by atoms with Crippen molar-refractivity contribution in [3.63, 3.8) is 0 Å². The molecular weight excluding hydrogens is 266 g/mol. The third-order valence-electron chi connectivity index (χ3n) is 4.87. The molecule has 2 fully saturated rings. The zero-order valence-electron chi connectivity index (χ0n) is 12.5. The molecule has 2 saturated heterocycles. The summed E-state index contributed by atoms with van der Waals surface area (Å²) in [6.07, 6.45) is 6.03. The number of hydrogen-bond donors (Lipinski definition) is 1. The molecule has 1 N–H and O–H groups in total. The molecule has 3 rings (SSSR count). The number of carbonyl (C=O) groups excluding carboxylic acids is 1. The number of likely N-dealkylation sites (N-methyl/N-ethyl adjacent to an activating group) is 1. The summed E-state index contributed by atoms with van der Waals surface area (Å²) >= 11 is 0. The summed E-state index contributed by atoms with van der Waals surface area (Å²) in [6.45, 7) is 5.12. The maximum Gasteiger partial charge on any atom is 0.260 e. The molecule has 114 valence electrons. The van der Waals surface area contributed by atoms with Gasteiger partial charge in [0.25, 0.3) is 11.5 Å². The van der Waals surface area contributed by atoms with Crippen molar-refractivity contribution in [2.24, 2.45) is 0 Å². The van der Waals surface area contributed by atoms with Gasteiger partial charge < -0.3 is 9.88 Å². The van der Waals surface area contributed by atoms with Crippen LogP contribution in [-0.2, 0) is 0 Å². The highest BCUT2D eigenvalue weighted by atomic mass is 16.2. The van der Waals surface area contributed by atoms with E-state index in [1.165, 1.54) is 6.42 Å². The summed E-state index contributed by atoms with van der Waals surface area (Å²) < 4.78 is 0. The fraction of sp³-hybridized carbons (Fsp3) is 0.625. The highest BCUT2D eigenvalue weighted by Gasteiger charge is 2.39. The van der Waals surface area contributed by atoms with E-state index in [9.17, 15) is 9.59 Å². The average molecular weight is 289 g/mol. The number of pyridine rings is 1. The molecule has 0 spiro atoms. The lowest BCUT2D eigenvalue weighted by molar-refractivity contribution is 0.0648. The SMILES string of the molecule is CCN1CCC[C@@H]1[C@@H]1CCCN1C(=O)c1ccc[nH]c1=O. The van der Waals surface area contributed by atoms with Crippen LogP contribution in [0.4, 0.5) is 0 Å². The fourth-order valence-corrected chi connectivity index (χ4v) is 3.87.